The first-order chi connectivity index (χ1) is 14.9. The minimum absolute atomic E-state index is 0.0393. The van der Waals surface area contributed by atoms with Crippen LogP contribution in [0, 0.1) is 5.92 Å². The highest BCUT2D eigenvalue weighted by Gasteiger charge is 2.26. The van der Waals surface area contributed by atoms with E-state index < -0.39 is 0 Å². The number of pyridine rings is 1. The monoisotopic (exact) mass is 437 g/mol. The fourth-order valence-electron chi connectivity index (χ4n) is 3.78. The van der Waals surface area contributed by atoms with Crippen LogP contribution in [0.15, 0.2) is 34.6 Å². The van der Waals surface area contributed by atoms with Crippen LogP contribution in [0.25, 0.3) is 17.8 Å². The van der Waals surface area contributed by atoms with Gasteiger partial charge < -0.3 is 10.2 Å². The Morgan fingerprint density at radius 2 is 2.13 bits per heavy atom. The number of carbonyl (C=O) groups is 1. The molecule has 162 valence electrons. The summed E-state index contributed by atoms with van der Waals surface area (Å²) >= 11 is 1.62. The van der Waals surface area contributed by atoms with E-state index in [0.717, 1.165) is 35.7 Å². The summed E-state index contributed by atoms with van der Waals surface area (Å²) in [7, 11) is 1.66. The summed E-state index contributed by atoms with van der Waals surface area (Å²) in [6, 6.07) is 5.35. The number of rotatable bonds is 5. The Bertz CT molecular complexity index is 1180. The zero-order valence-corrected chi connectivity index (χ0v) is 18.9. The van der Waals surface area contributed by atoms with E-state index >= 15 is 0 Å². The van der Waals surface area contributed by atoms with E-state index in [9.17, 15) is 9.59 Å². The fraction of sp³-hybridized carbons (Fsp3) is 0.391. The van der Waals surface area contributed by atoms with Gasteiger partial charge in [0.1, 0.15) is 16.5 Å². The number of amides is 1. The number of thiazole rings is 1. The molecule has 1 atom stereocenters. The third kappa shape index (κ3) is 4.69. The number of aromatic nitrogens is 3. The Balaban J connectivity index is 1.60. The molecule has 0 aliphatic carbocycles. The molecule has 0 aromatic carbocycles. The zero-order valence-electron chi connectivity index (χ0n) is 18.0. The normalized spacial score (nSPS) is 17.0. The maximum Gasteiger partial charge on any atom is 0.259 e. The lowest BCUT2D eigenvalue weighted by Crippen LogP contribution is -2.42. The van der Waals surface area contributed by atoms with Crippen molar-refractivity contribution in [1.82, 2.24) is 19.7 Å². The van der Waals surface area contributed by atoms with Crippen molar-refractivity contribution in [3.05, 3.63) is 56.4 Å². The van der Waals surface area contributed by atoms with Gasteiger partial charge in [-0.2, -0.15) is 0 Å². The van der Waals surface area contributed by atoms with Gasteiger partial charge in [-0.25, -0.2) is 9.97 Å². The van der Waals surface area contributed by atoms with Gasteiger partial charge in [-0.15, -0.1) is 11.3 Å². The summed E-state index contributed by atoms with van der Waals surface area (Å²) in [5.74, 6) is 0.993. The topological polar surface area (TPSA) is 79.6 Å². The van der Waals surface area contributed by atoms with Crippen molar-refractivity contribution in [2.75, 3.05) is 25.0 Å². The number of hydrogen-bond acceptors (Lipinski definition) is 6. The Hall–Kier alpha value is -3.00. The first-order valence-corrected chi connectivity index (χ1v) is 11.5. The van der Waals surface area contributed by atoms with E-state index in [4.69, 9.17) is 4.98 Å². The Kier molecular flexibility index (Phi) is 6.18. The predicted molar refractivity (Wildman–Crippen MR) is 126 cm³/mol. The van der Waals surface area contributed by atoms with Crippen LogP contribution in [0.1, 0.15) is 48.9 Å². The number of nitrogens with zero attached hydrogens (tertiary/aromatic N) is 4. The quantitative estimate of drug-likeness (QED) is 0.662. The third-order valence-electron chi connectivity index (χ3n) is 5.59. The maximum atomic E-state index is 12.7. The highest BCUT2D eigenvalue weighted by molar-refractivity contribution is 7.10. The molecule has 4 rings (SSSR count). The van der Waals surface area contributed by atoms with Crippen LogP contribution in [0.5, 0.6) is 0 Å². The summed E-state index contributed by atoms with van der Waals surface area (Å²) in [4.78, 5) is 36.1. The third-order valence-corrected chi connectivity index (χ3v) is 6.42. The summed E-state index contributed by atoms with van der Waals surface area (Å²) in [6.45, 7) is 5.63. The van der Waals surface area contributed by atoms with Gasteiger partial charge in [0.15, 0.2) is 0 Å². The summed E-state index contributed by atoms with van der Waals surface area (Å²) < 4.78 is 1.54. The van der Waals surface area contributed by atoms with Crippen molar-refractivity contribution in [2.45, 2.75) is 32.6 Å². The van der Waals surface area contributed by atoms with Crippen molar-refractivity contribution >= 4 is 40.9 Å². The molecule has 1 fully saturated rings. The number of nitrogens with one attached hydrogen (secondary N) is 1. The first kappa shape index (κ1) is 21.2. The molecule has 0 radical (unpaired) electrons. The van der Waals surface area contributed by atoms with Gasteiger partial charge >= 0.3 is 0 Å². The van der Waals surface area contributed by atoms with Crippen LogP contribution in [-0.4, -0.2) is 40.4 Å². The zero-order chi connectivity index (χ0) is 22.0. The van der Waals surface area contributed by atoms with Crippen LogP contribution in [0.2, 0.25) is 0 Å². The molecular formula is C23H27N5O2S. The molecule has 3 aromatic rings. The molecule has 1 unspecified atom stereocenters. The van der Waals surface area contributed by atoms with Gasteiger partial charge in [0, 0.05) is 37.8 Å². The highest BCUT2D eigenvalue weighted by atomic mass is 32.1. The maximum absolute atomic E-state index is 12.7. The molecule has 1 aliphatic rings. The summed E-state index contributed by atoms with van der Waals surface area (Å²) in [5.41, 5.74) is 2.51. The molecular weight excluding hydrogens is 410 g/mol. The van der Waals surface area contributed by atoms with Crippen molar-refractivity contribution in [3.63, 3.8) is 0 Å². The molecule has 0 bridgehead atoms. The molecule has 4 heterocycles. The van der Waals surface area contributed by atoms with Gasteiger partial charge in [-0.3, -0.25) is 14.0 Å². The second-order valence-electron chi connectivity index (χ2n) is 8.14. The number of hydrogen-bond donors (Lipinski definition) is 1. The molecule has 0 saturated carbocycles. The summed E-state index contributed by atoms with van der Waals surface area (Å²) in [6.07, 6.45) is 7.48. The van der Waals surface area contributed by atoms with Gasteiger partial charge in [-0.1, -0.05) is 19.9 Å². The molecule has 1 saturated heterocycles. The minimum Gasteiger partial charge on any atom is -0.359 e. The minimum atomic E-state index is -0.126. The van der Waals surface area contributed by atoms with Crippen LogP contribution < -0.4 is 15.8 Å². The van der Waals surface area contributed by atoms with Crippen molar-refractivity contribution < 1.29 is 4.79 Å². The number of carbonyl (C=O) groups excluding carboxylic acids is 1. The Morgan fingerprint density at radius 1 is 1.29 bits per heavy atom. The standard InChI is InChI=1S/C23H27N5O2S/c1-15(2)18-14-31-21(25-18)7-6-16-8-10-28-20(11-16)26-19(12-22(28)29)27-9-4-5-17(13-27)23(30)24-3/h6-8,10-12,14-15,17H,4-5,9,13H2,1-3H3,(H,24,30)/b7-6+. The van der Waals surface area contributed by atoms with E-state index in [0.29, 0.717) is 23.9 Å². The van der Waals surface area contributed by atoms with E-state index in [2.05, 4.69) is 29.5 Å². The molecule has 3 aromatic heterocycles. The summed E-state index contributed by atoms with van der Waals surface area (Å²) in [5, 5.41) is 5.77. The van der Waals surface area contributed by atoms with Crippen LogP contribution >= 0.6 is 11.3 Å². The number of fused-ring (bicyclic) bond motifs is 1. The van der Waals surface area contributed by atoms with Gasteiger partial charge in [0.2, 0.25) is 5.91 Å². The average Bonchev–Trinajstić information content (AvgIpc) is 3.26. The lowest BCUT2D eigenvalue weighted by Gasteiger charge is -2.32. The lowest BCUT2D eigenvalue weighted by molar-refractivity contribution is -0.124. The highest BCUT2D eigenvalue weighted by Crippen LogP contribution is 2.22. The van der Waals surface area contributed by atoms with Crippen LogP contribution in [-0.2, 0) is 4.79 Å². The first-order valence-electron chi connectivity index (χ1n) is 10.6. The molecule has 1 aliphatic heterocycles. The number of anilines is 1. The predicted octanol–water partition coefficient (Wildman–Crippen LogP) is 3.41. The van der Waals surface area contributed by atoms with E-state index in [1.165, 1.54) is 0 Å². The van der Waals surface area contributed by atoms with Gasteiger partial charge in [0.25, 0.3) is 5.56 Å². The SMILES string of the molecule is CNC(=O)C1CCCN(c2cc(=O)n3ccc(/C=C/c4nc(C(C)C)cs4)cc3n2)C1. The van der Waals surface area contributed by atoms with E-state index in [-0.39, 0.29) is 17.4 Å². The number of piperidine rings is 1. The molecule has 7 nitrogen and oxygen atoms in total. The van der Waals surface area contributed by atoms with E-state index in [1.54, 1.807) is 35.0 Å². The second kappa shape index (κ2) is 9.01. The molecule has 31 heavy (non-hydrogen) atoms. The molecule has 8 heteroatoms. The van der Waals surface area contributed by atoms with Gasteiger partial charge in [0.05, 0.1) is 11.6 Å². The van der Waals surface area contributed by atoms with Crippen molar-refractivity contribution in [3.8, 4) is 0 Å². The smallest absolute Gasteiger partial charge is 0.259 e. The van der Waals surface area contributed by atoms with Crippen molar-refractivity contribution in [1.29, 1.82) is 0 Å². The fourth-order valence-corrected chi connectivity index (χ4v) is 4.66. The second-order valence-corrected chi connectivity index (χ2v) is 9.03. The van der Waals surface area contributed by atoms with E-state index in [1.807, 2.05) is 29.2 Å². The van der Waals surface area contributed by atoms with Gasteiger partial charge in [-0.05, 0) is 42.5 Å². The van der Waals surface area contributed by atoms with Crippen molar-refractivity contribution in [2.24, 2.45) is 5.92 Å². The Labute approximate surface area is 185 Å². The van der Waals surface area contributed by atoms with Crippen LogP contribution in [0.3, 0.4) is 0 Å². The molecule has 1 N–H and O–H groups in total. The largest absolute Gasteiger partial charge is 0.359 e. The lowest BCUT2D eigenvalue weighted by atomic mass is 9.97. The molecule has 1 amide bonds. The van der Waals surface area contributed by atoms with Crippen LogP contribution in [0.4, 0.5) is 5.82 Å². The Morgan fingerprint density at radius 3 is 2.87 bits per heavy atom. The molecule has 0 spiro atoms. The average molecular weight is 438 g/mol.